The quantitative estimate of drug-likeness (QED) is 0.318. The van der Waals surface area contributed by atoms with Gasteiger partial charge in [0.2, 0.25) is 0 Å². The van der Waals surface area contributed by atoms with Gasteiger partial charge < -0.3 is 8.23 Å². The van der Waals surface area contributed by atoms with Gasteiger partial charge in [-0.2, -0.15) is 0 Å². The van der Waals surface area contributed by atoms with Crippen molar-refractivity contribution in [1.29, 1.82) is 0 Å². The zero-order valence-electron chi connectivity index (χ0n) is 15.9. The molecule has 1 N–H and O–H groups in total. The summed E-state index contributed by atoms with van der Waals surface area (Å²) in [4.78, 5) is 0. The average Bonchev–Trinajstić information content (AvgIpc) is 2.55. The molecular weight excluding hydrogens is 384 g/mol. The molecule has 150 valence electrons. The smallest absolute Gasteiger partial charge is 0.410 e. The molecule has 1 aromatic carbocycles. The van der Waals surface area contributed by atoms with Crippen LogP contribution in [0.5, 0.6) is 0 Å². The average molecular weight is 419 g/mol. The van der Waals surface area contributed by atoms with Crippen LogP contribution >= 0.6 is 0 Å². The van der Waals surface area contributed by atoms with Gasteiger partial charge in [0.15, 0.2) is 0 Å². The molecule has 0 unspecified atom stereocenters. The van der Waals surface area contributed by atoms with Gasteiger partial charge in [0.05, 0.1) is 0 Å². The molecule has 0 aromatic heterocycles. The van der Waals surface area contributed by atoms with Crippen molar-refractivity contribution in [3.63, 3.8) is 0 Å². The summed E-state index contributed by atoms with van der Waals surface area (Å²) < 4.78 is 37.2. The van der Waals surface area contributed by atoms with Gasteiger partial charge in [0.1, 0.15) is 0 Å². The molecule has 0 amide bonds. The topological polar surface area (TPSA) is 72.8 Å². The molecule has 1 aliphatic rings. The number of benzene rings is 1. The number of hydrogen-bond acceptors (Lipinski definition) is 4. The first kappa shape index (κ1) is 23.5. The van der Waals surface area contributed by atoms with Crippen LogP contribution < -0.4 is 0 Å². The third-order valence-corrected chi connectivity index (χ3v) is 12.0. The second-order valence-corrected chi connectivity index (χ2v) is 14.1. The van der Waals surface area contributed by atoms with Gasteiger partial charge in [-0.15, -0.1) is 0 Å². The first-order valence-corrected chi connectivity index (χ1v) is 14.8. The second kappa shape index (κ2) is 14.5. The fourth-order valence-electron chi connectivity index (χ4n) is 2.76. The molecule has 5 nitrogen and oxygen atoms in total. The van der Waals surface area contributed by atoms with Gasteiger partial charge in [-0.05, 0) is 18.4 Å². The van der Waals surface area contributed by atoms with Gasteiger partial charge in [0, 0.05) is 0 Å². The molecule has 1 saturated heterocycles. The maximum atomic E-state index is 10.0. The summed E-state index contributed by atoms with van der Waals surface area (Å²) in [7, 11) is -7.54. The van der Waals surface area contributed by atoms with Crippen LogP contribution in [0.3, 0.4) is 0 Å². The predicted molar refractivity (Wildman–Crippen MR) is 111 cm³/mol. The first-order valence-electron chi connectivity index (χ1n) is 9.77. The lowest BCUT2D eigenvalue weighted by Gasteiger charge is -2.21. The monoisotopic (exact) mass is 418 g/mol. The Hall–Kier alpha value is -0.516. The van der Waals surface area contributed by atoms with E-state index >= 15 is 0 Å². The lowest BCUT2D eigenvalue weighted by Crippen LogP contribution is -2.45. The third kappa shape index (κ3) is 12.0. The molecule has 26 heavy (non-hydrogen) atoms. The Morgan fingerprint density at radius 2 is 1.38 bits per heavy atom. The highest BCUT2D eigenvalue weighted by atomic mass is 32.4. The lowest BCUT2D eigenvalue weighted by atomic mass is 10.0. The van der Waals surface area contributed by atoms with E-state index in [0.29, 0.717) is 0 Å². The highest BCUT2D eigenvalue weighted by Gasteiger charge is 2.36. The molecule has 0 bridgehead atoms. The van der Waals surface area contributed by atoms with E-state index in [1.165, 1.54) is 76.2 Å². The maximum absolute atomic E-state index is 10.0. The van der Waals surface area contributed by atoms with Crippen LogP contribution in [-0.4, -0.2) is 31.4 Å². The molecule has 0 atom stereocenters. The summed E-state index contributed by atoms with van der Waals surface area (Å²) in [5, 5.41) is 0. The van der Waals surface area contributed by atoms with E-state index in [1.807, 2.05) is 0 Å². The molecule has 8 heteroatoms. The third-order valence-electron chi connectivity index (χ3n) is 4.31. The largest absolute Gasteiger partial charge is 0.474 e. The van der Waals surface area contributed by atoms with Gasteiger partial charge in [0.25, 0.3) is 19.6 Å². The number of aryl methyl sites for hydroxylation is 1. The summed E-state index contributed by atoms with van der Waals surface area (Å²) in [5.41, 5.74) is 1.50. The number of rotatable bonds is 12. The molecular formula is C18H34O5SSi2. The molecule has 0 radical (unpaired) electrons. The van der Waals surface area contributed by atoms with Crippen molar-refractivity contribution in [3.8, 4) is 0 Å². The van der Waals surface area contributed by atoms with Crippen molar-refractivity contribution >= 4 is 28.0 Å². The van der Waals surface area contributed by atoms with E-state index < -0.39 is 28.0 Å². The molecule has 1 fully saturated rings. The van der Waals surface area contributed by atoms with E-state index in [9.17, 15) is 8.42 Å². The van der Waals surface area contributed by atoms with E-state index in [4.69, 9.17) is 4.55 Å². The summed E-state index contributed by atoms with van der Waals surface area (Å²) in [6.45, 7) is 2.28. The minimum absolute atomic E-state index is 1.000. The summed E-state index contributed by atoms with van der Waals surface area (Å²) in [5.74, 6) is 0. The SMILES string of the molecule is CCCCCCCCCCCCc1ccccc1.O=S(=O)(O)[SiH]1O[SiH2]O1. The lowest BCUT2D eigenvalue weighted by molar-refractivity contribution is 0.324. The van der Waals surface area contributed by atoms with Crippen LogP contribution in [0.1, 0.15) is 76.7 Å². The number of hydrogen-bond donors (Lipinski definition) is 1. The predicted octanol–water partition coefficient (Wildman–Crippen LogP) is 3.79. The summed E-state index contributed by atoms with van der Waals surface area (Å²) in [6, 6.07) is 10.9. The fourth-order valence-corrected chi connectivity index (χ4v) is 9.22. The Morgan fingerprint density at radius 1 is 0.885 bits per heavy atom. The highest BCUT2D eigenvalue weighted by Crippen LogP contribution is 2.12. The van der Waals surface area contributed by atoms with Crippen molar-refractivity contribution in [2.75, 3.05) is 0 Å². The van der Waals surface area contributed by atoms with E-state index in [1.54, 1.807) is 0 Å². The van der Waals surface area contributed by atoms with Crippen LogP contribution in [0.25, 0.3) is 0 Å². The fraction of sp³-hybridized carbons (Fsp3) is 0.667. The normalized spacial score (nSPS) is 17.4. The van der Waals surface area contributed by atoms with Crippen LogP contribution in [0.4, 0.5) is 0 Å². The van der Waals surface area contributed by atoms with Gasteiger partial charge in [-0.3, -0.25) is 4.55 Å². The highest BCUT2D eigenvalue weighted by molar-refractivity contribution is 8.13. The van der Waals surface area contributed by atoms with Gasteiger partial charge in [-0.1, -0.05) is 95.0 Å². The Bertz CT molecular complexity index is 550. The van der Waals surface area contributed by atoms with Gasteiger partial charge >= 0.3 is 8.43 Å². The van der Waals surface area contributed by atoms with Crippen LogP contribution in [0.2, 0.25) is 0 Å². The number of unbranched alkanes of at least 4 members (excludes halogenated alkanes) is 9. The van der Waals surface area contributed by atoms with Crippen molar-refractivity contribution in [1.82, 2.24) is 0 Å². The summed E-state index contributed by atoms with van der Waals surface area (Å²) in [6.07, 6.45) is 15.5. The Morgan fingerprint density at radius 3 is 1.77 bits per heavy atom. The van der Waals surface area contributed by atoms with Crippen LogP contribution in [0.15, 0.2) is 30.3 Å². The van der Waals surface area contributed by atoms with Crippen LogP contribution in [-0.2, 0) is 24.2 Å². The van der Waals surface area contributed by atoms with E-state index in [2.05, 4.69) is 45.5 Å². The minimum Gasteiger partial charge on any atom is -0.410 e. The minimum atomic E-state index is -3.94. The first-order chi connectivity index (χ1) is 12.5. The molecule has 0 aliphatic carbocycles. The zero-order valence-corrected chi connectivity index (χ0v) is 19.3. The maximum Gasteiger partial charge on any atom is 0.474 e. The van der Waals surface area contributed by atoms with Crippen LogP contribution in [0, 0.1) is 0 Å². The molecule has 1 aliphatic heterocycles. The Labute approximate surface area is 162 Å². The van der Waals surface area contributed by atoms with E-state index in [0.717, 1.165) is 0 Å². The summed E-state index contributed by atoms with van der Waals surface area (Å²) >= 11 is 0. The van der Waals surface area contributed by atoms with E-state index in [-0.39, 0.29) is 0 Å². The van der Waals surface area contributed by atoms with Crippen molar-refractivity contribution in [2.45, 2.75) is 77.6 Å². The Kier molecular flexibility index (Phi) is 13.1. The molecule has 1 aromatic rings. The molecule has 0 spiro atoms. The molecule has 0 saturated carbocycles. The van der Waals surface area contributed by atoms with Gasteiger partial charge in [-0.25, -0.2) is 8.42 Å². The van der Waals surface area contributed by atoms with Crippen molar-refractivity contribution in [3.05, 3.63) is 35.9 Å². The van der Waals surface area contributed by atoms with Crippen molar-refractivity contribution < 1.29 is 21.2 Å². The second-order valence-electron chi connectivity index (χ2n) is 6.67. The zero-order chi connectivity index (χ0) is 19.1. The standard InChI is InChI=1S/C18H30.H4O5SSi2/c1-2-3-4-5-6-7-8-9-10-12-15-18-16-13-11-14-17-18;1-6(2,3)8-4-7-5-8/h11,13-14,16-17H,2-10,12,15H2,1H3;8H,7H2,(H,1,2,3). The molecule has 2 rings (SSSR count). The molecule has 1 heterocycles. The van der Waals surface area contributed by atoms with Crippen molar-refractivity contribution in [2.24, 2.45) is 0 Å². The Balaban J connectivity index is 0.000000350.